The Morgan fingerprint density at radius 2 is 2.48 bits per heavy atom. The van der Waals surface area contributed by atoms with Gasteiger partial charge in [-0.15, -0.1) is 0 Å². The third-order valence-corrected chi connectivity index (χ3v) is 4.90. The number of carbonyl (C=O) groups is 1. The van der Waals surface area contributed by atoms with Crippen molar-refractivity contribution in [2.24, 2.45) is 11.3 Å². The molecule has 0 radical (unpaired) electrons. The second kappa shape index (κ2) is 4.56. The summed E-state index contributed by atoms with van der Waals surface area (Å²) in [6.07, 6.45) is 4.68. The summed E-state index contributed by atoms with van der Waals surface area (Å²) in [5.41, 5.74) is 0.697. The van der Waals surface area contributed by atoms with E-state index >= 15 is 0 Å². The fraction of sp³-hybridized carbons (Fsp3) is 0.500. The van der Waals surface area contributed by atoms with Gasteiger partial charge in [-0.2, -0.15) is 0 Å². The molecule has 1 saturated heterocycles. The van der Waals surface area contributed by atoms with Gasteiger partial charge in [0.2, 0.25) is 5.71 Å². The van der Waals surface area contributed by atoms with Gasteiger partial charge in [-0.3, -0.25) is 9.69 Å². The number of furan rings is 1. The van der Waals surface area contributed by atoms with Crippen LogP contribution in [-0.4, -0.2) is 34.0 Å². The molecule has 1 aliphatic carbocycles. The van der Waals surface area contributed by atoms with Gasteiger partial charge in [-0.05, 0) is 49.4 Å². The molecule has 0 bridgehead atoms. The second-order valence-electron chi connectivity index (χ2n) is 6.38. The molecule has 0 aromatic carbocycles. The highest BCUT2D eigenvalue weighted by Crippen LogP contribution is 2.58. The van der Waals surface area contributed by atoms with Gasteiger partial charge < -0.3 is 9.52 Å². The van der Waals surface area contributed by atoms with E-state index < -0.39 is 5.97 Å². The van der Waals surface area contributed by atoms with Crippen LogP contribution in [0.25, 0.3) is 11.1 Å². The van der Waals surface area contributed by atoms with Gasteiger partial charge in [-0.1, -0.05) is 0 Å². The van der Waals surface area contributed by atoms with Crippen LogP contribution < -0.4 is 0 Å². The molecule has 4 rings (SSSR count). The quantitative estimate of drug-likeness (QED) is 0.939. The summed E-state index contributed by atoms with van der Waals surface area (Å²) in [6, 6.07) is 5.93. The highest BCUT2D eigenvalue weighted by Gasteiger charge is 2.59. The molecule has 2 aliphatic rings. The van der Waals surface area contributed by atoms with Gasteiger partial charge in [0.05, 0.1) is 12.5 Å². The lowest BCUT2D eigenvalue weighted by Crippen LogP contribution is -2.37. The Morgan fingerprint density at radius 3 is 3.24 bits per heavy atom. The Balaban J connectivity index is 1.48. The fourth-order valence-electron chi connectivity index (χ4n) is 3.76. The van der Waals surface area contributed by atoms with Crippen LogP contribution in [-0.2, 0) is 11.3 Å². The number of carboxylic acid groups (broad SMARTS) is 1. The molecule has 2 aromatic rings. The third-order valence-electron chi connectivity index (χ3n) is 4.90. The average Bonchev–Trinajstić information content (AvgIpc) is 2.99. The molecule has 2 unspecified atom stereocenters. The number of fused-ring (bicyclic) bond motifs is 1. The van der Waals surface area contributed by atoms with E-state index in [1.807, 2.05) is 18.2 Å². The van der Waals surface area contributed by atoms with Gasteiger partial charge in [0, 0.05) is 18.1 Å². The monoisotopic (exact) mass is 286 g/mol. The van der Waals surface area contributed by atoms with Gasteiger partial charge in [0.25, 0.3) is 0 Å². The summed E-state index contributed by atoms with van der Waals surface area (Å²) in [5, 5.41) is 10.2. The number of aliphatic carboxylic acids is 1. The Labute approximate surface area is 122 Å². The first-order valence-corrected chi connectivity index (χ1v) is 7.45. The van der Waals surface area contributed by atoms with Crippen LogP contribution in [0.15, 0.2) is 28.8 Å². The van der Waals surface area contributed by atoms with Crippen molar-refractivity contribution in [2.75, 3.05) is 13.1 Å². The summed E-state index contributed by atoms with van der Waals surface area (Å²) in [5.74, 6) is 0.135. The number of carboxylic acids is 1. The molecule has 2 atom stereocenters. The molecule has 1 aliphatic heterocycles. The zero-order chi connectivity index (χ0) is 14.4. The van der Waals surface area contributed by atoms with Crippen LogP contribution >= 0.6 is 0 Å². The SMILES string of the molecule is O=C(O)C1CC12CCCN(Cc1cc3cccnc3o1)C2. The molecule has 5 heteroatoms. The number of rotatable bonds is 3. The minimum Gasteiger partial charge on any atom is -0.481 e. The first-order chi connectivity index (χ1) is 10.2. The normalized spacial score (nSPS) is 29.0. The van der Waals surface area contributed by atoms with Crippen molar-refractivity contribution in [1.82, 2.24) is 9.88 Å². The predicted molar refractivity (Wildman–Crippen MR) is 76.7 cm³/mol. The van der Waals surface area contributed by atoms with E-state index in [9.17, 15) is 9.90 Å². The highest BCUT2D eigenvalue weighted by atomic mass is 16.4. The van der Waals surface area contributed by atoms with Crippen LogP contribution in [0, 0.1) is 11.3 Å². The molecule has 110 valence electrons. The summed E-state index contributed by atoms with van der Waals surface area (Å²) in [6.45, 7) is 2.62. The third kappa shape index (κ3) is 2.21. The topological polar surface area (TPSA) is 66.6 Å². The van der Waals surface area contributed by atoms with E-state index in [-0.39, 0.29) is 11.3 Å². The lowest BCUT2D eigenvalue weighted by atomic mass is 9.92. The van der Waals surface area contributed by atoms with Crippen molar-refractivity contribution < 1.29 is 14.3 Å². The molecule has 1 saturated carbocycles. The van der Waals surface area contributed by atoms with Gasteiger partial charge in [-0.25, -0.2) is 4.98 Å². The Hall–Kier alpha value is -1.88. The lowest BCUT2D eigenvalue weighted by Gasteiger charge is -2.32. The largest absolute Gasteiger partial charge is 0.481 e. The average molecular weight is 286 g/mol. The highest BCUT2D eigenvalue weighted by molar-refractivity contribution is 5.75. The van der Waals surface area contributed by atoms with Crippen molar-refractivity contribution in [3.05, 3.63) is 30.2 Å². The minimum atomic E-state index is -0.634. The maximum absolute atomic E-state index is 11.2. The van der Waals surface area contributed by atoms with E-state index in [1.54, 1.807) is 6.20 Å². The molecule has 3 heterocycles. The van der Waals surface area contributed by atoms with E-state index in [0.29, 0.717) is 5.71 Å². The maximum atomic E-state index is 11.2. The van der Waals surface area contributed by atoms with E-state index in [0.717, 1.165) is 50.0 Å². The number of hydrogen-bond donors (Lipinski definition) is 1. The van der Waals surface area contributed by atoms with Crippen LogP contribution in [0.3, 0.4) is 0 Å². The van der Waals surface area contributed by atoms with Crippen LogP contribution in [0.2, 0.25) is 0 Å². The van der Waals surface area contributed by atoms with Crippen molar-refractivity contribution in [3.8, 4) is 0 Å². The van der Waals surface area contributed by atoms with Crippen molar-refractivity contribution in [3.63, 3.8) is 0 Å². The summed E-state index contributed by atoms with van der Waals surface area (Å²) in [7, 11) is 0. The van der Waals surface area contributed by atoms with E-state index in [2.05, 4.69) is 9.88 Å². The molecule has 0 amide bonds. The van der Waals surface area contributed by atoms with Crippen LogP contribution in [0.1, 0.15) is 25.0 Å². The number of aromatic nitrogens is 1. The maximum Gasteiger partial charge on any atom is 0.307 e. The van der Waals surface area contributed by atoms with Gasteiger partial charge in [0.15, 0.2) is 0 Å². The number of pyridine rings is 1. The zero-order valence-electron chi connectivity index (χ0n) is 11.8. The Bertz CT molecular complexity index is 663. The molecular weight excluding hydrogens is 268 g/mol. The summed E-state index contributed by atoms with van der Waals surface area (Å²) >= 11 is 0. The molecule has 2 aromatic heterocycles. The second-order valence-corrected chi connectivity index (χ2v) is 6.38. The molecule has 1 N–H and O–H groups in total. The molecule has 2 fully saturated rings. The Morgan fingerprint density at radius 1 is 1.57 bits per heavy atom. The molecular formula is C16H18N2O3. The first-order valence-electron chi connectivity index (χ1n) is 7.45. The Kier molecular flexibility index (Phi) is 2.79. The zero-order valence-corrected chi connectivity index (χ0v) is 11.8. The van der Waals surface area contributed by atoms with Crippen LogP contribution in [0.5, 0.6) is 0 Å². The number of likely N-dealkylation sites (tertiary alicyclic amines) is 1. The lowest BCUT2D eigenvalue weighted by molar-refractivity contribution is -0.139. The van der Waals surface area contributed by atoms with E-state index in [4.69, 9.17) is 4.42 Å². The molecule has 21 heavy (non-hydrogen) atoms. The number of hydrogen-bond acceptors (Lipinski definition) is 4. The molecule has 5 nitrogen and oxygen atoms in total. The van der Waals surface area contributed by atoms with Crippen LogP contribution in [0.4, 0.5) is 0 Å². The first kappa shape index (κ1) is 12.8. The van der Waals surface area contributed by atoms with Gasteiger partial charge in [0.1, 0.15) is 5.76 Å². The molecule has 1 spiro atoms. The summed E-state index contributed by atoms with van der Waals surface area (Å²) < 4.78 is 5.76. The minimum absolute atomic E-state index is 0.0222. The predicted octanol–water partition coefficient (Wildman–Crippen LogP) is 2.51. The summed E-state index contributed by atoms with van der Waals surface area (Å²) in [4.78, 5) is 17.7. The van der Waals surface area contributed by atoms with Crippen molar-refractivity contribution in [1.29, 1.82) is 0 Å². The van der Waals surface area contributed by atoms with Crippen molar-refractivity contribution in [2.45, 2.75) is 25.8 Å². The van der Waals surface area contributed by atoms with E-state index in [1.165, 1.54) is 0 Å². The van der Waals surface area contributed by atoms with Crippen molar-refractivity contribution >= 4 is 17.1 Å². The fourth-order valence-corrected chi connectivity index (χ4v) is 3.76. The number of nitrogens with zero attached hydrogens (tertiary/aromatic N) is 2. The smallest absolute Gasteiger partial charge is 0.307 e. The standard InChI is InChI=1S/C16H18N2O3/c19-15(20)13-8-16(13)4-2-6-18(10-16)9-12-7-11-3-1-5-17-14(11)21-12/h1,3,5,7,13H,2,4,6,8-10H2,(H,19,20). The number of piperidine rings is 1. The van der Waals surface area contributed by atoms with Gasteiger partial charge >= 0.3 is 5.97 Å².